The van der Waals surface area contributed by atoms with Crippen molar-refractivity contribution < 1.29 is 9.90 Å². The first-order chi connectivity index (χ1) is 11.1. The van der Waals surface area contributed by atoms with Crippen LogP contribution in [-0.4, -0.2) is 25.8 Å². The van der Waals surface area contributed by atoms with E-state index in [0.717, 1.165) is 10.4 Å². The Hall–Kier alpha value is -1.96. The summed E-state index contributed by atoms with van der Waals surface area (Å²) in [6.07, 6.45) is 0.544. The Morgan fingerprint density at radius 1 is 1.35 bits per heavy atom. The molecule has 0 spiro atoms. The number of aryl methyl sites for hydroxylation is 1. The van der Waals surface area contributed by atoms with Gasteiger partial charge in [-0.05, 0) is 42.4 Å². The van der Waals surface area contributed by atoms with Crippen LogP contribution in [0, 0.1) is 4.77 Å². The molecule has 2 heterocycles. The van der Waals surface area contributed by atoms with Crippen LogP contribution in [0.5, 0.6) is 0 Å². The lowest BCUT2D eigenvalue weighted by atomic mass is 10.0. The highest BCUT2D eigenvalue weighted by Crippen LogP contribution is 2.30. The van der Waals surface area contributed by atoms with Gasteiger partial charge in [0.15, 0.2) is 10.6 Å². The van der Waals surface area contributed by atoms with Gasteiger partial charge in [0.2, 0.25) is 0 Å². The lowest BCUT2D eigenvalue weighted by molar-refractivity contribution is 0.0695. The number of hydrogen-bond donors (Lipinski definition) is 2. The predicted molar refractivity (Wildman–Crippen MR) is 92.8 cm³/mol. The quantitative estimate of drug-likeness (QED) is 0.662. The number of aromatic carboxylic acids is 1. The molecule has 0 saturated heterocycles. The van der Waals surface area contributed by atoms with Gasteiger partial charge in [-0.2, -0.15) is 5.10 Å². The predicted octanol–water partition coefficient (Wildman–Crippen LogP) is 4.26. The summed E-state index contributed by atoms with van der Waals surface area (Å²) in [5.41, 5.74) is 1.07. The van der Waals surface area contributed by atoms with Crippen LogP contribution in [0.1, 0.15) is 15.9 Å². The number of halogens is 1. The van der Waals surface area contributed by atoms with Crippen LogP contribution in [-0.2, 0) is 13.0 Å². The summed E-state index contributed by atoms with van der Waals surface area (Å²) in [5.74, 6) is -0.221. The number of H-pyrrole nitrogens is 1. The van der Waals surface area contributed by atoms with Crippen molar-refractivity contribution in [2.45, 2.75) is 13.0 Å². The maximum absolute atomic E-state index is 11.3. The van der Waals surface area contributed by atoms with Crippen molar-refractivity contribution in [3.63, 3.8) is 0 Å². The minimum Gasteiger partial charge on any atom is -0.478 e. The van der Waals surface area contributed by atoms with Crippen LogP contribution < -0.4 is 0 Å². The lowest BCUT2D eigenvalue weighted by Crippen LogP contribution is -2.07. The SMILES string of the molecule is O=C(O)c1ccccc1CCn1c(-c2ccc(Cl)s2)n[nH]c1=S. The topological polar surface area (TPSA) is 70.9 Å². The smallest absolute Gasteiger partial charge is 0.335 e. The fraction of sp³-hybridized carbons (Fsp3) is 0.133. The van der Waals surface area contributed by atoms with Gasteiger partial charge in [0.25, 0.3) is 0 Å². The molecule has 0 atom stereocenters. The fourth-order valence-corrected chi connectivity index (χ4v) is 3.59. The van der Waals surface area contributed by atoms with E-state index in [0.29, 0.717) is 33.5 Å². The number of aromatic amines is 1. The van der Waals surface area contributed by atoms with Crippen molar-refractivity contribution in [1.29, 1.82) is 0 Å². The molecule has 3 aromatic rings. The number of carboxylic acid groups (broad SMARTS) is 1. The zero-order chi connectivity index (χ0) is 16.4. The van der Waals surface area contributed by atoms with E-state index in [1.807, 2.05) is 28.8 Å². The van der Waals surface area contributed by atoms with E-state index in [1.54, 1.807) is 12.1 Å². The second-order valence-electron chi connectivity index (χ2n) is 4.82. The van der Waals surface area contributed by atoms with Gasteiger partial charge in [0.05, 0.1) is 14.8 Å². The van der Waals surface area contributed by atoms with E-state index in [9.17, 15) is 9.90 Å². The molecular formula is C15H12ClN3O2S2. The first-order valence-electron chi connectivity index (χ1n) is 6.78. The summed E-state index contributed by atoms with van der Waals surface area (Å²) in [5, 5.41) is 16.3. The first-order valence-corrected chi connectivity index (χ1v) is 8.38. The summed E-state index contributed by atoms with van der Waals surface area (Å²) in [6.45, 7) is 0.532. The van der Waals surface area contributed by atoms with Crippen molar-refractivity contribution >= 4 is 41.1 Å². The monoisotopic (exact) mass is 365 g/mol. The molecule has 0 aliphatic heterocycles. The maximum Gasteiger partial charge on any atom is 0.335 e. The molecule has 0 saturated carbocycles. The largest absolute Gasteiger partial charge is 0.478 e. The second-order valence-corrected chi connectivity index (χ2v) is 6.92. The Morgan fingerprint density at radius 3 is 2.83 bits per heavy atom. The summed E-state index contributed by atoms with van der Waals surface area (Å²) in [7, 11) is 0. The van der Waals surface area contributed by atoms with Crippen LogP contribution in [0.2, 0.25) is 4.34 Å². The average molecular weight is 366 g/mol. The minimum absolute atomic E-state index is 0.309. The molecule has 0 amide bonds. The number of nitrogens with zero attached hydrogens (tertiary/aromatic N) is 2. The van der Waals surface area contributed by atoms with E-state index in [2.05, 4.69) is 10.2 Å². The van der Waals surface area contributed by atoms with Crippen molar-refractivity contribution in [1.82, 2.24) is 14.8 Å². The highest BCUT2D eigenvalue weighted by molar-refractivity contribution is 7.71. The van der Waals surface area contributed by atoms with E-state index >= 15 is 0 Å². The van der Waals surface area contributed by atoms with E-state index < -0.39 is 5.97 Å². The van der Waals surface area contributed by atoms with Crippen LogP contribution in [0.15, 0.2) is 36.4 Å². The van der Waals surface area contributed by atoms with Crippen LogP contribution in [0.25, 0.3) is 10.7 Å². The Labute approximate surface area is 146 Å². The molecule has 5 nitrogen and oxygen atoms in total. The normalized spacial score (nSPS) is 10.8. The highest BCUT2D eigenvalue weighted by Gasteiger charge is 2.13. The zero-order valence-corrected chi connectivity index (χ0v) is 14.2. The van der Waals surface area contributed by atoms with Gasteiger partial charge in [-0.1, -0.05) is 29.8 Å². The molecule has 118 valence electrons. The number of benzene rings is 1. The molecule has 0 radical (unpaired) electrons. The summed E-state index contributed by atoms with van der Waals surface area (Å²) in [6, 6.07) is 10.7. The van der Waals surface area contributed by atoms with Gasteiger partial charge in [-0.3, -0.25) is 9.67 Å². The Bertz CT molecular complexity index is 913. The standard InChI is InChI=1S/C15H12ClN3O2S2/c16-12-6-5-11(23-12)13-17-18-15(22)19(13)8-7-9-3-1-2-4-10(9)14(20)21/h1-6H,7-8H2,(H,18,22)(H,20,21). The molecule has 23 heavy (non-hydrogen) atoms. The number of thiophene rings is 1. The number of nitrogens with one attached hydrogen (secondary N) is 1. The van der Waals surface area contributed by atoms with Crippen molar-refractivity contribution in [3.05, 3.63) is 56.6 Å². The van der Waals surface area contributed by atoms with Gasteiger partial charge in [0, 0.05) is 6.54 Å². The molecule has 3 rings (SSSR count). The molecule has 0 bridgehead atoms. The van der Waals surface area contributed by atoms with Gasteiger partial charge in [-0.25, -0.2) is 4.79 Å². The Morgan fingerprint density at radius 2 is 2.13 bits per heavy atom. The summed E-state index contributed by atoms with van der Waals surface area (Å²) >= 11 is 12.7. The third-order valence-electron chi connectivity index (χ3n) is 3.40. The van der Waals surface area contributed by atoms with Gasteiger partial charge >= 0.3 is 5.97 Å². The minimum atomic E-state index is -0.929. The van der Waals surface area contributed by atoms with Crippen LogP contribution in [0.4, 0.5) is 0 Å². The third-order valence-corrected chi connectivity index (χ3v) is 4.94. The molecule has 2 N–H and O–H groups in total. The number of hydrogen-bond acceptors (Lipinski definition) is 4. The summed E-state index contributed by atoms with van der Waals surface area (Å²) < 4.78 is 3.03. The molecule has 0 aliphatic carbocycles. The van der Waals surface area contributed by atoms with Crippen LogP contribution >= 0.6 is 35.2 Å². The van der Waals surface area contributed by atoms with Crippen molar-refractivity contribution in [2.24, 2.45) is 0 Å². The molecule has 8 heteroatoms. The Kier molecular flexibility index (Phi) is 4.61. The molecule has 1 aromatic carbocycles. The van der Waals surface area contributed by atoms with Crippen molar-refractivity contribution in [2.75, 3.05) is 0 Å². The number of carboxylic acids is 1. The molecule has 0 unspecified atom stereocenters. The number of aromatic nitrogens is 3. The van der Waals surface area contributed by atoms with Gasteiger partial charge < -0.3 is 5.11 Å². The molecule has 2 aromatic heterocycles. The fourth-order valence-electron chi connectivity index (χ4n) is 2.33. The van der Waals surface area contributed by atoms with Gasteiger partial charge in [-0.15, -0.1) is 11.3 Å². The second kappa shape index (κ2) is 6.66. The van der Waals surface area contributed by atoms with Crippen LogP contribution in [0.3, 0.4) is 0 Å². The number of carbonyl (C=O) groups is 1. The zero-order valence-electron chi connectivity index (χ0n) is 11.8. The van der Waals surface area contributed by atoms with E-state index in [-0.39, 0.29) is 0 Å². The molecule has 0 aliphatic rings. The molecule has 0 fully saturated rings. The Balaban J connectivity index is 1.89. The highest BCUT2D eigenvalue weighted by atomic mass is 35.5. The van der Waals surface area contributed by atoms with E-state index in [4.69, 9.17) is 23.8 Å². The maximum atomic E-state index is 11.3. The first kappa shape index (κ1) is 15.9. The van der Waals surface area contributed by atoms with E-state index in [1.165, 1.54) is 11.3 Å². The summed E-state index contributed by atoms with van der Waals surface area (Å²) in [4.78, 5) is 12.2. The van der Waals surface area contributed by atoms with Gasteiger partial charge in [0.1, 0.15) is 0 Å². The lowest BCUT2D eigenvalue weighted by Gasteiger charge is -2.08. The molecular weight excluding hydrogens is 354 g/mol. The number of rotatable bonds is 5. The third kappa shape index (κ3) is 3.36. The average Bonchev–Trinajstić information content (AvgIpc) is 3.11. The van der Waals surface area contributed by atoms with Crippen molar-refractivity contribution in [3.8, 4) is 10.7 Å².